The first-order valence-corrected chi connectivity index (χ1v) is 6.45. The van der Waals surface area contributed by atoms with E-state index in [2.05, 4.69) is 47.2 Å². The van der Waals surface area contributed by atoms with E-state index >= 15 is 0 Å². The Kier molecular flexibility index (Phi) is 3.47. The van der Waals surface area contributed by atoms with Crippen LogP contribution in [0.5, 0.6) is 0 Å². The Labute approximate surface area is 100 Å². The van der Waals surface area contributed by atoms with E-state index in [1.807, 2.05) is 0 Å². The maximum Gasteiger partial charge on any atom is 0.0209 e. The Morgan fingerprint density at radius 3 is 2.80 bits per heavy atom. The van der Waals surface area contributed by atoms with E-state index in [1.54, 1.807) is 0 Å². The number of rotatable bonds is 2. The van der Waals surface area contributed by atoms with Crippen molar-refractivity contribution in [1.29, 1.82) is 0 Å². The van der Waals surface area contributed by atoms with Gasteiger partial charge in [0.05, 0.1) is 0 Å². The molecule has 1 unspecified atom stereocenters. The average molecular weight is 268 g/mol. The SMILES string of the molecule is Cc1cc(CC2CCCN2)cc(Br)c1C. The van der Waals surface area contributed by atoms with Crippen molar-refractivity contribution in [3.05, 3.63) is 33.3 Å². The van der Waals surface area contributed by atoms with Gasteiger partial charge < -0.3 is 5.32 Å². The summed E-state index contributed by atoms with van der Waals surface area (Å²) in [6.07, 6.45) is 3.82. The van der Waals surface area contributed by atoms with Crippen LogP contribution < -0.4 is 5.32 Å². The van der Waals surface area contributed by atoms with Crippen LogP contribution in [0.25, 0.3) is 0 Å². The summed E-state index contributed by atoms with van der Waals surface area (Å²) in [5, 5.41) is 3.54. The first kappa shape index (κ1) is 11.2. The number of hydrogen-bond acceptors (Lipinski definition) is 1. The fraction of sp³-hybridized carbons (Fsp3) is 0.538. The molecule has 1 N–H and O–H groups in total. The van der Waals surface area contributed by atoms with Gasteiger partial charge in [0.15, 0.2) is 0 Å². The molecule has 0 aliphatic carbocycles. The molecule has 0 spiro atoms. The number of nitrogens with one attached hydrogen (secondary N) is 1. The summed E-state index contributed by atoms with van der Waals surface area (Å²) in [6.45, 7) is 5.54. The standard InChI is InChI=1S/C13H18BrN/c1-9-6-11(8-13(14)10(9)2)7-12-4-3-5-15-12/h6,8,12,15H,3-5,7H2,1-2H3. The molecule has 1 heterocycles. The summed E-state index contributed by atoms with van der Waals surface area (Å²) in [6, 6.07) is 5.28. The molecule has 15 heavy (non-hydrogen) atoms. The Bertz CT molecular complexity index is 331. The topological polar surface area (TPSA) is 12.0 Å². The minimum absolute atomic E-state index is 0.694. The molecule has 1 saturated heterocycles. The summed E-state index contributed by atoms with van der Waals surface area (Å²) in [5.74, 6) is 0. The smallest absolute Gasteiger partial charge is 0.0209 e. The maximum atomic E-state index is 3.63. The summed E-state index contributed by atoms with van der Waals surface area (Å²) < 4.78 is 1.25. The van der Waals surface area contributed by atoms with Crippen molar-refractivity contribution in [2.24, 2.45) is 0 Å². The third-order valence-electron chi connectivity index (χ3n) is 3.31. The molecule has 1 aliphatic heterocycles. The molecule has 0 aromatic heterocycles. The van der Waals surface area contributed by atoms with Crippen LogP contribution in [0.1, 0.15) is 29.5 Å². The summed E-state index contributed by atoms with van der Waals surface area (Å²) in [5.41, 5.74) is 4.19. The molecule has 1 fully saturated rings. The Balaban J connectivity index is 2.14. The largest absolute Gasteiger partial charge is 0.314 e. The maximum absolute atomic E-state index is 3.63. The van der Waals surface area contributed by atoms with Crippen LogP contribution in [0, 0.1) is 13.8 Å². The monoisotopic (exact) mass is 267 g/mol. The van der Waals surface area contributed by atoms with Crippen LogP contribution in [-0.2, 0) is 6.42 Å². The van der Waals surface area contributed by atoms with Crippen LogP contribution in [0.2, 0.25) is 0 Å². The van der Waals surface area contributed by atoms with Gasteiger partial charge in [-0.1, -0.05) is 22.0 Å². The van der Waals surface area contributed by atoms with Crippen LogP contribution in [0.4, 0.5) is 0 Å². The van der Waals surface area contributed by atoms with Crippen molar-refractivity contribution in [3.63, 3.8) is 0 Å². The van der Waals surface area contributed by atoms with Gasteiger partial charge in [-0.3, -0.25) is 0 Å². The molecule has 1 aliphatic rings. The minimum Gasteiger partial charge on any atom is -0.314 e. The average Bonchev–Trinajstić information content (AvgIpc) is 2.66. The number of halogens is 1. The van der Waals surface area contributed by atoms with Gasteiger partial charge in [0.25, 0.3) is 0 Å². The molecule has 0 saturated carbocycles. The van der Waals surface area contributed by atoms with Gasteiger partial charge in [-0.05, 0) is 62.4 Å². The van der Waals surface area contributed by atoms with E-state index in [1.165, 1.54) is 47.0 Å². The lowest BCUT2D eigenvalue weighted by Gasteiger charge is -2.12. The molecular weight excluding hydrogens is 250 g/mol. The molecule has 0 amide bonds. The van der Waals surface area contributed by atoms with Crippen molar-refractivity contribution in [3.8, 4) is 0 Å². The molecule has 0 radical (unpaired) electrons. The van der Waals surface area contributed by atoms with Crippen LogP contribution >= 0.6 is 15.9 Å². The van der Waals surface area contributed by atoms with Crippen molar-refractivity contribution in [2.75, 3.05) is 6.54 Å². The normalized spacial score (nSPS) is 20.9. The molecular formula is C13H18BrN. The number of hydrogen-bond donors (Lipinski definition) is 1. The highest BCUT2D eigenvalue weighted by Gasteiger charge is 2.14. The third kappa shape index (κ3) is 2.61. The van der Waals surface area contributed by atoms with Gasteiger partial charge in [-0.15, -0.1) is 0 Å². The predicted octanol–water partition coefficient (Wildman–Crippen LogP) is 3.36. The van der Waals surface area contributed by atoms with Gasteiger partial charge >= 0.3 is 0 Å². The number of benzene rings is 1. The molecule has 1 atom stereocenters. The van der Waals surface area contributed by atoms with Crippen molar-refractivity contribution < 1.29 is 0 Å². The van der Waals surface area contributed by atoms with E-state index in [0.29, 0.717) is 6.04 Å². The third-order valence-corrected chi connectivity index (χ3v) is 4.13. The summed E-state index contributed by atoms with van der Waals surface area (Å²) in [4.78, 5) is 0. The molecule has 0 bridgehead atoms. The second-order valence-corrected chi connectivity index (χ2v) is 5.37. The molecule has 1 nitrogen and oxygen atoms in total. The van der Waals surface area contributed by atoms with Gasteiger partial charge in [0.2, 0.25) is 0 Å². The second-order valence-electron chi connectivity index (χ2n) is 4.52. The molecule has 2 rings (SSSR count). The van der Waals surface area contributed by atoms with Crippen LogP contribution in [-0.4, -0.2) is 12.6 Å². The lowest BCUT2D eigenvalue weighted by molar-refractivity contribution is 0.602. The first-order chi connectivity index (χ1) is 7.16. The van der Waals surface area contributed by atoms with E-state index < -0.39 is 0 Å². The van der Waals surface area contributed by atoms with Crippen molar-refractivity contribution in [1.82, 2.24) is 5.32 Å². The quantitative estimate of drug-likeness (QED) is 0.867. The fourth-order valence-corrected chi connectivity index (χ4v) is 2.83. The zero-order valence-electron chi connectivity index (χ0n) is 9.44. The first-order valence-electron chi connectivity index (χ1n) is 5.66. The van der Waals surface area contributed by atoms with Crippen molar-refractivity contribution in [2.45, 2.75) is 39.2 Å². The van der Waals surface area contributed by atoms with Gasteiger partial charge in [-0.25, -0.2) is 0 Å². The highest BCUT2D eigenvalue weighted by Crippen LogP contribution is 2.23. The Morgan fingerprint density at radius 1 is 1.40 bits per heavy atom. The molecule has 82 valence electrons. The molecule has 1 aromatic carbocycles. The van der Waals surface area contributed by atoms with Gasteiger partial charge in [0, 0.05) is 10.5 Å². The van der Waals surface area contributed by atoms with Gasteiger partial charge in [-0.2, -0.15) is 0 Å². The van der Waals surface area contributed by atoms with Crippen LogP contribution in [0.15, 0.2) is 16.6 Å². The van der Waals surface area contributed by atoms with Crippen LogP contribution in [0.3, 0.4) is 0 Å². The lowest BCUT2D eigenvalue weighted by Crippen LogP contribution is -2.23. The van der Waals surface area contributed by atoms with Gasteiger partial charge in [0.1, 0.15) is 0 Å². The fourth-order valence-electron chi connectivity index (χ4n) is 2.22. The van der Waals surface area contributed by atoms with E-state index in [0.717, 1.165) is 0 Å². The Hall–Kier alpha value is -0.340. The second kappa shape index (κ2) is 4.67. The van der Waals surface area contributed by atoms with Crippen molar-refractivity contribution >= 4 is 15.9 Å². The Morgan fingerprint density at radius 2 is 2.20 bits per heavy atom. The lowest BCUT2D eigenvalue weighted by atomic mass is 10.0. The minimum atomic E-state index is 0.694. The highest BCUT2D eigenvalue weighted by molar-refractivity contribution is 9.10. The molecule has 1 aromatic rings. The summed E-state index contributed by atoms with van der Waals surface area (Å²) >= 11 is 3.63. The summed E-state index contributed by atoms with van der Waals surface area (Å²) in [7, 11) is 0. The predicted molar refractivity (Wildman–Crippen MR) is 68.3 cm³/mol. The van der Waals surface area contributed by atoms with E-state index in [4.69, 9.17) is 0 Å². The zero-order valence-corrected chi connectivity index (χ0v) is 11.0. The van der Waals surface area contributed by atoms with E-state index in [-0.39, 0.29) is 0 Å². The van der Waals surface area contributed by atoms with E-state index in [9.17, 15) is 0 Å². The zero-order chi connectivity index (χ0) is 10.8. The highest BCUT2D eigenvalue weighted by atomic mass is 79.9. The molecule has 2 heteroatoms. The number of aryl methyl sites for hydroxylation is 1.